The van der Waals surface area contributed by atoms with Crippen LogP contribution in [0, 0.1) is 11.0 Å². The summed E-state index contributed by atoms with van der Waals surface area (Å²) in [5, 5.41) is 18.0. The Kier molecular flexibility index (Phi) is 11.9. The summed E-state index contributed by atoms with van der Waals surface area (Å²) in [5.74, 6) is -1.14. The molecule has 1 saturated carbocycles. The van der Waals surface area contributed by atoms with Crippen LogP contribution in [-0.2, 0) is 22.6 Å². The molecular formula is C44H51FN6O6. The Labute approximate surface area is 333 Å². The lowest BCUT2D eigenvalue weighted by Crippen LogP contribution is -2.58. The van der Waals surface area contributed by atoms with Crippen LogP contribution in [0.1, 0.15) is 74.4 Å². The fraction of sp³-hybridized carbons (Fsp3) is 0.409. The maximum atomic E-state index is 15.1. The number of quaternary nitrogens is 1. The van der Waals surface area contributed by atoms with E-state index >= 15 is 5.21 Å². The summed E-state index contributed by atoms with van der Waals surface area (Å²) in [6, 6.07) is 25.9. The summed E-state index contributed by atoms with van der Waals surface area (Å²) in [6.07, 6.45) is 3.40. The van der Waals surface area contributed by atoms with Crippen molar-refractivity contribution in [2.24, 2.45) is 0 Å². The summed E-state index contributed by atoms with van der Waals surface area (Å²) in [5.41, 5.74) is 3.56. The number of hydrogen-bond donors (Lipinski definition) is 1. The van der Waals surface area contributed by atoms with E-state index in [0.29, 0.717) is 44.5 Å². The Morgan fingerprint density at radius 2 is 1.65 bits per heavy atom. The number of pyridine rings is 1. The first kappa shape index (κ1) is 39.8. The van der Waals surface area contributed by atoms with E-state index in [-0.39, 0.29) is 42.8 Å². The van der Waals surface area contributed by atoms with Crippen LogP contribution in [0.3, 0.4) is 0 Å². The van der Waals surface area contributed by atoms with Gasteiger partial charge >= 0.3 is 12.2 Å². The molecule has 1 unspecified atom stereocenters. The number of fused-ring (bicyclic) bond motifs is 1. The van der Waals surface area contributed by atoms with Gasteiger partial charge in [-0.15, -0.1) is 0 Å². The maximum Gasteiger partial charge on any atom is 0.410 e. The number of nitrogens with zero attached hydrogens (tertiary/aromatic N) is 5. The summed E-state index contributed by atoms with van der Waals surface area (Å²) < 4.78 is 24.5. The molecule has 7 rings (SSSR count). The first-order chi connectivity index (χ1) is 27.3. The van der Waals surface area contributed by atoms with Crippen molar-refractivity contribution in [2.45, 2.75) is 83.7 Å². The minimum absolute atomic E-state index is 0.0362. The van der Waals surface area contributed by atoms with Crippen LogP contribution in [-0.4, -0.2) is 88.3 Å². The van der Waals surface area contributed by atoms with Crippen LogP contribution < -0.4 is 9.96 Å². The number of benzene rings is 3. The predicted octanol–water partition coefficient (Wildman–Crippen LogP) is 8.12. The molecular weight excluding hydrogens is 728 g/mol. The molecule has 12 nitrogen and oxygen atoms in total. The van der Waals surface area contributed by atoms with Crippen molar-refractivity contribution in [1.29, 1.82) is 0 Å². The quantitative estimate of drug-likeness (QED) is 0.140. The normalized spacial score (nSPS) is 21.7. The standard InChI is InChI=1S/C44H51FN6O6/c1-44(2,3)57-42(53)47-36-17-19-37(20-18-36)50-30-51(55,40-39(41(50)52)26-35(45)27-46-40)38-12-7-11-34(25-38)33-15-13-31(14-16-33)28-48-21-8-22-49(24-23-48)43(54)56-29-32-9-5-4-6-10-32/h4-7,9-16,25-27,36-37H,8,17-24,28-30H2,1-3H3,(H,47,53)/t36-,37+,51?. The van der Waals surface area contributed by atoms with Gasteiger partial charge in [0, 0.05) is 50.9 Å². The van der Waals surface area contributed by atoms with Crippen LogP contribution in [0.15, 0.2) is 91.1 Å². The van der Waals surface area contributed by atoms with E-state index in [4.69, 9.17) is 9.47 Å². The largest absolute Gasteiger partial charge is 0.619 e. The van der Waals surface area contributed by atoms with Gasteiger partial charge in [0.1, 0.15) is 29.3 Å². The minimum atomic E-state index is -1.05. The molecule has 1 N–H and O–H groups in total. The van der Waals surface area contributed by atoms with E-state index in [1.165, 1.54) is 0 Å². The number of amides is 3. The second kappa shape index (κ2) is 17.0. The molecule has 300 valence electrons. The average molecular weight is 779 g/mol. The summed E-state index contributed by atoms with van der Waals surface area (Å²) in [7, 11) is 0. The number of hydrogen-bond acceptors (Lipinski definition) is 8. The van der Waals surface area contributed by atoms with E-state index in [9.17, 15) is 18.8 Å². The lowest BCUT2D eigenvalue weighted by atomic mass is 9.89. The lowest BCUT2D eigenvalue weighted by Gasteiger charge is -2.49. The number of halogens is 1. The van der Waals surface area contributed by atoms with Gasteiger partial charge in [0.2, 0.25) is 5.82 Å². The van der Waals surface area contributed by atoms with E-state index in [1.54, 1.807) is 15.9 Å². The monoisotopic (exact) mass is 778 g/mol. The lowest BCUT2D eigenvalue weighted by molar-refractivity contribution is 0.0417. The van der Waals surface area contributed by atoms with Crippen molar-refractivity contribution in [3.05, 3.63) is 119 Å². The van der Waals surface area contributed by atoms with Crippen molar-refractivity contribution < 1.29 is 28.2 Å². The van der Waals surface area contributed by atoms with E-state index in [0.717, 1.165) is 60.6 Å². The van der Waals surface area contributed by atoms with Gasteiger partial charge in [0.15, 0.2) is 6.67 Å². The Hall–Kier alpha value is -5.37. The molecule has 2 aliphatic heterocycles. The highest BCUT2D eigenvalue weighted by atomic mass is 19.1. The molecule has 3 amide bonds. The van der Waals surface area contributed by atoms with Crippen molar-refractivity contribution in [3.63, 3.8) is 0 Å². The van der Waals surface area contributed by atoms with Crippen LogP contribution in [0.25, 0.3) is 11.1 Å². The van der Waals surface area contributed by atoms with Crippen LogP contribution in [0.4, 0.5) is 25.5 Å². The van der Waals surface area contributed by atoms with E-state index in [1.807, 2.05) is 81.4 Å². The number of carbonyl (C=O) groups is 3. The van der Waals surface area contributed by atoms with Gasteiger partial charge in [-0.2, -0.15) is 0 Å². The zero-order valence-corrected chi connectivity index (χ0v) is 32.9. The smallest absolute Gasteiger partial charge is 0.410 e. The summed E-state index contributed by atoms with van der Waals surface area (Å²) >= 11 is 0. The molecule has 1 aliphatic carbocycles. The second-order valence-corrected chi connectivity index (χ2v) is 16.2. The summed E-state index contributed by atoms with van der Waals surface area (Å²) in [4.78, 5) is 48.9. The van der Waals surface area contributed by atoms with E-state index in [2.05, 4.69) is 27.3 Å². The molecule has 2 fully saturated rings. The zero-order chi connectivity index (χ0) is 40.2. The highest BCUT2D eigenvalue weighted by molar-refractivity contribution is 6.01. The third-order valence-corrected chi connectivity index (χ3v) is 10.9. The second-order valence-electron chi connectivity index (χ2n) is 16.2. The van der Waals surface area contributed by atoms with Crippen LogP contribution in [0.5, 0.6) is 0 Å². The molecule has 1 saturated heterocycles. The zero-order valence-electron chi connectivity index (χ0n) is 32.9. The minimum Gasteiger partial charge on any atom is -0.619 e. The number of alkyl carbamates (subject to hydrolysis) is 1. The predicted molar refractivity (Wildman–Crippen MR) is 215 cm³/mol. The first-order valence-corrected chi connectivity index (χ1v) is 19.8. The summed E-state index contributed by atoms with van der Waals surface area (Å²) in [6.45, 7) is 9.04. The fourth-order valence-corrected chi connectivity index (χ4v) is 7.96. The van der Waals surface area contributed by atoms with Crippen molar-refractivity contribution in [1.82, 2.24) is 29.6 Å². The molecule has 0 spiro atoms. The number of carbonyl (C=O) groups excluding carboxylic acids is 3. The average Bonchev–Trinajstić information content (AvgIpc) is 3.44. The van der Waals surface area contributed by atoms with Gasteiger partial charge in [0.05, 0.1) is 6.20 Å². The molecule has 3 aromatic carbocycles. The van der Waals surface area contributed by atoms with Crippen molar-refractivity contribution in [2.75, 3.05) is 32.8 Å². The molecule has 1 aromatic heterocycles. The third-order valence-electron chi connectivity index (χ3n) is 10.9. The highest BCUT2D eigenvalue weighted by Gasteiger charge is 2.44. The Morgan fingerprint density at radius 1 is 0.895 bits per heavy atom. The van der Waals surface area contributed by atoms with Crippen LogP contribution in [0.2, 0.25) is 0 Å². The van der Waals surface area contributed by atoms with Gasteiger partial charge in [-0.1, -0.05) is 66.7 Å². The molecule has 3 aliphatic rings. The molecule has 1 atom stereocenters. The van der Waals surface area contributed by atoms with Gasteiger partial charge in [-0.25, -0.2) is 19.0 Å². The number of rotatable bonds is 8. The first-order valence-electron chi connectivity index (χ1n) is 19.8. The highest BCUT2D eigenvalue weighted by Crippen LogP contribution is 2.42. The fourth-order valence-electron chi connectivity index (χ4n) is 7.96. The molecule has 0 radical (unpaired) electrons. The Morgan fingerprint density at radius 3 is 2.39 bits per heavy atom. The molecule has 13 heteroatoms. The molecule has 3 heterocycles. The molecule has 4 aromatic rings. The SMILES string of the molecule is CC(C)(C)OC(=O)N[C@H]1CC[C@@H](N2C[N+]([O-])(c3cccc(-c4ccc(CN5CCCN(C(=O)OCc6ccccc6)CC5)cc4)c3)c3ncc(F)cc3C2=O)CC1. The van der Waals surface area contributed by atoms with Gasteiger partial charge < -0.3 is 24.9 Å². The Bertz CT molecular complexity index is 2050. The number of ether oxygens (including phenoxy) is 2. The van der Waals surface area contributed by atoms with Crippen LogP contribution >= 0.6 is 0 Å². The van der Waals surface area contributed by atoms with Crippen molar-refractivity contribution >= 4 is 29.6 Å². The van der Waals surface area contributed by atoms with E-state index < -0.39 is 28.1 Å². The molecule has 57 heavy (non-hydrogen) atoms. The van der Waals surface area contributed by atoms with Crippen molar-refractivity contribution in [3.8, 4) is 11.1 Å². The number of aromatic nitrogens is 1. The Balaban J connectivity index is 1.01. The van der Waals surface area contributed by atoms with Gasteiger partial charge in [-0.3, -0.25) is 19.2 Å². The number of nitrogens with one attached hydrogen (secondary N) is 1. The van der Waals surface area contributed by atoms with Gasteiger partial charge in [-0.05, 0) is 87.3 Å². The topological polar surface area (TPSA) is 127 Å². The third kappa shape index (κ3) is 9.61. The molecule has 0 bridgehead atoms. The maximum absolute atomic E-state index is 15.1. The van der Waals surface area contributed by atoms with Gasteiger partial charge in [0.25, 0.3) is 5.91 Å². The number of hydroxylamine groups is 1.